The van der Waals surface area contributed by atoms with Crippen LogP contribution in [0.15, 0.2) is 0 Å². The number of hydrogen-bond donors (Lipinski definition) is 1. The Bertz CT molecular complexity index is 322. The molecular weight excluding hydrogens is 271 g/mol. The Hall–Kier alpha value is -0.870. The molecule has 1 atom stereocenters. The van der Waals surface area contributed by atoms with Gasteiger partial charge in [-0.25, -0.2) is 4.57 Å². The zero-order chi connectivity index (χ0) is 14.7. The van der Waals surface area contributed by atoms with Crippen LogP contribution in [0.4, 0.5) is 0 Å². The molecule has 0 bridgehead atoms. The van der Waals surface area contributed by atoms with Gasteiger partial charge in [0.05, 0.1) is 7.11 Å². The SMILES string of the molecule is COC(=O)CCCCCCCCC(=O)OP(C)(=O)O. The summed E-state index contributed by atoms with van der Waals surface area (Å²) >= 11 is 0. The maximum Gasteiger partial charge on any atom is 0.375 e. The highest BCUT2D eigenvalue weighted by atomic mass is 31.2. The van der Waals surface area contributed by atoms with Crippen molar-refractivity contribution in [1.29, 1.82) is 0 Å². The van der Waals surface area contributed by atoms with Crippen LogP contribution >= 0.6 is 7.60 Å². The molecule has 0 heterocycles. The predicted octanol–water partition coefficient (Wildman–Crippen LogP) is 2.64. The van der Waals surface area contributed by atoms with Crippen LogP contribution < -0.4 is 0 Å². The summed E-state index contributed by atoms with van der Waals surface area (Å²) in [6.07, 6.45) is 5.88. The number of carbonyl (C=O) groups excluding carboxylic acids is 2. The predicted molar refractivity (Wildman–Crippen MR) is 70.8 cm³/mol. The largest absolute Gasteiger partial charge is 0.469 e. The summed E-state index contributed by atoms with van der Waals surface area (Å²) in [5.74, 6) is -0.810. The highest BCUT2D eigenvalue weighted by Crippen LogP contribution is 2.37. The van der Waals surface area contributed by atoms with E-state index in [0.717, 1.165) is 38.8 Å². The number of carbonyl (C=O) groups is 2. The van der Waals surface area contributed by atoms with Crippen LogP contribution in [0.25, 0.3) is 0 Å². The molecule has 1 N–H and O–H groups in total. The fourth-order valence-electron chi connectivity index (χ4n) is 1.58. The third kappa shape index (κ3) is 13.4. The average molecular weight is 294 g/mol. The van der Waals surface area contributed by atoms with Crippen molar-refractivity contribution in [2.75, 3.05) is 13.8 Å². The lowest BCUT2D eigenvalue weighted by Gasteiger charge is -2.06. The minimum Gasteiger partial charge on any atom is -0.469 e. The summed E-state index contributed by atoms with van der Waals surface area (Å²) in [5.41, 5.74) is 0. The Morgan fingerprint density at radius 3 is 1.79 bits per heavy atom. The van der Waals surface area contributed by atoms with Crippen LogP contribution in [-0.4, -0.2) is 30.6 Å². The highest BCUT2D eigenvalue weighted by molar-refractivity contribution is 7.52. The third-order valence-corrected chi connectivity index (χ3v) is 3.05. The van der Waals surface area contributed by atoms with Gasteiger partial charge in [0.1, 0.15) is 0 Å². The molecule has 0 saturated carbocycles. The van der Waals surface area contributed by atoms with Crippen molar-refractivity contribution in [3.63, 3.8) is 0 Å². The van der Waals surface area contributed by atoms with Gasteiger partial charge in [0.15, 0.2) is 0 Å². The summed E-state index contributed by atoms with van der Waals surface area (Å²) < 4.78 is 19.7. The first-order valence-corrected chi connectivity index (χ1v) is 8.47. The van der Waals surface area contributed by atoms with Gasteiger partial charge in [0.2, 0.25) is 0 Å². The van der Waals surface area contributed by atoms with Crippen LogP contribution in [0.5, 0.6) is 0 Å². The minimum atomic E-state index is -3.70. The van der Waals surface area contributed by atoms with E-state index in [0.29, 0.717) is 12.8 Å². The molecule has 19 heavy (non-hydrogen) atoms. The van der Waals surface area contributed by atoms with Crippen LogP contribution in [0, 0.1) is 0 Å². The van der Waals surface area contributed by atoms with Crippen molar-refractivity contribution in [2.24, 2.45) is 0 Å². The number of ether oxygens (including phenoxy) is 1. The first-order valence-electron chi connectivity index (χ1n) is 6.44. The van der Waals surface area contributed by atoms with E-state index in [1.807, 2.05) is 0 Å². The summed E-state index contributed by atoms with van der Waals surface area (Å²) in [5, 5.41) is 0. The van der Waals surface area contributed by atoms with E-state index >= 15 is 0 Å². The second kappa shape index (κ2) is 9.98. The number of unbranched alkanes of at least 4 members (excludes halogenated alkanes) is 5. The fraction of sp³-hybridized carbons (Fsp3) is 0.833. The quantitative estimate of drug-likeness (QED) is 0.378. The molecule has 1 unspecified atom stereocenters. The first kappa shape index (κ1) is 18.1. The van der Waals surface area contributed by atoms with Crippen molar-refractivity contribution in [2.45, 2.75) is 51.4 Å². The normalized spacial score (nSPS) is 13.6. The first-order chi connectivity index (χ1) is 8.85. The zero-order valence-electron chi connectivity index (χ0n) is 11.6. The molecule has 7 heteroatoms. The highest BCUT2D eigenvalue weighted by Gasteiger charge is 2.15. The van der Waals surface area contributed by atoms with E-state index in [9.17, 15) is 14.2 Å². The van der Waals surface area contributed by atoms with E-state index in [4.69, 9.17) is 4.89 Å². The molecular formula is C12H23O6P. The average Bonchev–Trinajstić information content (AvgIpc) is 2.29. The van der Waals surface area contributed by atoms with E-state index < -0.39 is 13.6 Å². The number of methoxy groups -OCH3 is 1. The number of rotatable bonds is 10. The summed E-state index contributed by atoms with van der Waals surface area (Å²) in [6.45, 7) is 0.992. The molecule has 6 nitrogen and oxygen atoms in total. The van der Waals surface area contributed by atoms with E-state index in [-0.39, 0.29) is 12.4 Å². The van der Waals surface area contributed by atoms with Crippen LogP contribution in [0.2, 0.25) is 0 Å². The Labute approximate surface area is 114 Å². The Morgan fingerprint density at radius 2 is 1.37 bits per heavy atom. The van der Waals surface area contributed by atoms with Gasteiger partial charge in [-0.15, -0.1) is 0 Å². The molecule has 0 saturated heterocycles. The Kier molecular flexibility index (Phi) is 9.53. The van der Waals surface area contributed by atoms with Crippen molar-refractivity contribution in [1.82, 2.24) is 0 Å². The maximum absolute atomic E-state index is 11.1. The van der Waals surface area contributed by atoms with Gasteiger partial charge in [-0.2, -0.15) is 0 Å². The van der Waals surface area contributed by atoms with Crippen molar-refractivity contribution in [3.05, 3.63) is 0 Å². The van der Waals surface area contributed by atoms with Crippen molar-refractivity contribution in [3.8, 4) is 0 Å². The third-order valence-electron chi connectivity index (χ3n) is 2.51. The maximum atomic E-state index is 11.1. The molecule has 0 aliphatic rings. The molecule has 0 aromatic carbocycles. The van der Waals surface area contributed by atoms with E-state index in [1.54, 1.807) is 0 Å². The van der Waals surface area contributed by atoms with Crippen LogP contribution in [0.1, 0.15) is 51.4 Å². The molecule has 0 aromatic heterocycles. The molecule has 0 aromatic rings. The standard InChI is InChI=1S/C12H23O6P/c1-17-11(13)9-7-5-3-4-6-8-10-12(14)18-19(2,15)16/h3-10H2,1-2H3,(H,15,16). The lowest BCUT2D eigenvalue weighted by Crippen LogP contribution is -2.01. The molecule has 0 amide bonds. The fourth-order valence-corrected chi connectivity index (χ4v) is 2.05. The molecule has 0 aliphatic carbocycles. The molecule has 0 aliphatic heterocycles. The van der Waals surface area contributed by atoms with Gasteiger partial charge in [0, 0.05) is 19.5 Å². The van der Waals surface area contributed by atoms with Gasteiger partial charge < -0.3 is 14.2 Å². The van der Waals surface area contributed by atoms with Gasteiger partial charge in [-0.1, -0.05) is 25.7 Å². The molecule has 112 valence electrons. The smallest absolute Gasteiger partial charge is 0.375 e. The van der Waals surface area contributed by atoms with Crippen LogP contribution in [-0.2, 0) is 23.4 Å². The Morgan fingerprint density at radius 1 is 0.947 bits per heavy atom. The van der Waals surface area contributed by atoms with E-state index in [2.05, 4.69) is 9.26 Å². The summed E-state index contributed by atoms with van der Waals surface area (Å²) in [7, 11) is -2.32. The second-order valence-corrected chi connectivity index (χ2v) is 6.25. The minimum absolute atomic E-state index is 0.167. The monoisotopic (exact) mass is 294 g/mol. The van der Waals surface area contributed by atoms with Crippen molar-refractivity contribution >= 4 is 19.5 Å². The number of esters is 1. The van der Waals surface area contributed by atoms with Crippen LogP contribution in [0.3, 0.4) is 0 Å². The van der Waals surface area contributed by atoms with Gasteiger partial charge in [-0.05, 0) is 12.8 Å². The Balaban J connectivity index is 3.34. The molecule has 0 spiro atoms. The number of hydrogen-bond acceptors (Lipinski definition) is 5. The lowest BCUT2D eigenvalue weighted by atomic mass is 10.1. The van der Waals surface area contributed by atoms with Gasteiger partial charge >= 0.3 is 19.5 Å². The lowest BCUT2D eigenvalue weighted by molar-refractivity contribution is -0.140. The topological polar surface area (TPSA) is 89.9 Å². The summed E-state index contributed by atoms with van der Waals surface area (Å²) in [6, 6.07) is 0. The van der Waals surface area contributed by atoms with E-state index in [1.165, 1.54) is 7.11 Å². The summed E-state index contributed by atoms with van der Waals surface area (Å²) in [4.78, 5) is 30.7. The molecule has 0 rings (SSSR count). The second-order valence-electron chi connectivity index (χ2n) is 4.46. The van der Waals surface area contributed by atoms with Crippen molar-refractivity contribution < 1.29 is 28.3 Å². The van der Waals surface area contributed by atoms with Gasteiger partial charge in [0.25, 0.3) is 0 Å². The van der Waals surface area contributed by atoms with Gasteiger partial charge in [-0.3, -0.25) is 9.59 Å². The molecule has 0 radical (unpaired) electrons. The molecule has 0 fully saturated rings. The zero-order valence-corrected chi connectivity index (χ0v) is 12.5.